The zero-order valence-electron chi connectivity index (χ0n) is 15.1. The summed E-state index contributed by atoms with van der Waals surface area (Å²) in [5, 5.41) is 0. The predicted octanol–water partition coefficient (Wildman–Crippen LogP) is 3.46. The number of aryl methyl sites for hydroxylation is 1. The second-order valence-corrected chi connectivity index (χ2v) is 6.63. The van der Waals surface area contributed by atoms with Gasteiger partial charge in [0.2, 0.25) is 5.91 Å². The van der Waals surface area contributed by atoms with Crippen LogP contribution in [-0.2, 0) is 9.59 Å². The van der Waals surface area contributed by atoms with Crippen molar-refractivity contribution in [3.63, 3.8) is 0 Å². The molecule has 1 aliphatic heterocycles. The van der Waals surface area contributed by atoms with E-state index >= 15 is 0 Å². The van der Waals surface area contributed by atoms with Gasteiger partial charge in [0.05, 0.1) is 5.92 Å². The molecule has 0 saturated carbocycles. The maximum Gasteiger partial charge on any atom is 0.316 e. The molecular formula is C21H21NO4. The van der Waals surface area contributed by atoms with Gasteiger partial charge in [-0.15, -0.1) is 0 Å². The molecule has 0 unspecified atom stereocenters. The van der Waals surface area contributed by atoms with Crippen LogP contribution in [0.25, 0.3) is 0 Å². The highest BCUT2D eigenvalue weighted by Gasteiger charge is 2.37. The van der Waals surface area contributed by atoms with Gasteiger partial charge in [-0.3, -0.25) is 14.4 Å². The van der Waals surface area contributed by atoms with Gasteiger partial charge in [-0.25, -0.2) is 0 Å². The van der Waals surface area contributed by atoms with Crippen molar-refractivity contribution >= 4 is 23.3 Å². The van der Waals surface area contributed by atoms with E-state index in [-0.39, 0.29) is 18.1 Å². The number of amides is 1. The molecule has 1 saturated heterocycles. The molecule has 5 nitrogen and oxygen atoms in total. The SMILES string of the molecule is CC(=O)c1ccc(OC(=O)[C@@H]2CC(=O)N(c3cccc(C)c3C)C2)cc1. The second-order valence-electron chi connectivity index (χ2n) is 6.63. The highest BCUT2D eigenvalue weighted by molar-refractivity contribution is 6.00. The molecule has 134 valence electrons. The van der Waals surface area contributed by atoms with E-state index in [1.165, 1.54) is 6.92 Å². The molecule has 26 heavy (non-hydrogen) atoms. The Hall–Kier alpha value is -2.95. The fraction of sp³-hybridized carbons (Fsp3) is 0.286. The molecule has 2 aromatic carbocycles. The van der Waals surface area contributed by atoms with Crippen molar-refractivity contribution < 1.29 is 19.1 Å². The molecule has 3 rings (SSSR count). The Morgan fingerprint density at radius 3 is 2.42 bits per heavy atom. The molecule has 0 spiro atoms. The summed E-state index contributed by atoms with van der Waals surface area (Å²) in [6.07, 6.45) is 0.137. The standard InChI is InChI=1S/C21H21NO4/c1-13-5-4-6-19(14(13)2)22-12-17(11-20(22)24)21(25)26-18-9-7-16(8-10-18)15(3)23/h4-10,17H,11-12H2,1-3H3/t17-/m1/s1. The molecule has 5 heteroatoms. The van der Waals surface area contributed by atoms with Crippen molar-refractivity contribution in [3.8, 4) is 5.75 Å². The number of anilines is 1. The first kappa shape index (κ1) is 17.9. The normalized spacial score (nSPS) is 16.7. The summed E-state index contributed by atoms with van der Waals surface area (Å²) >= 11 is 0. The smallest absolute Gasteiger partial charge is 0.316 e. The number of esters is 1. The summed E-state index contributed by atoms with van der Waals surface area (Å²) in [5.41, 5.74) is 3.54. The molecule has 0 N–H and O–H groups in total. The Bertz CT molecular complexity index is 870. The molecule has 2 aromatic rings. The number of benzene rings is 2. The number of carbonyl (C=O) groups is 3. The number of hydrogen-bond acceptors (Lipinski definition) is 4. The summed E-state index contributed by atoms with van der Waals surface area (Å²) in [7, 11) is 0. The predicted molar refractivity (Wildman–Crippen MR) is 98.5 cm³/mol. The van der Waals surface area contributed by atoms with Gasteiger partial charge in [-0.2, -0.15) is 0 Å². The summed E-state index contributed by atoms with van der Waals surface area (Å²) in [4.78, 5) is 37.8. The van der Waals surface area contributed by atoms with Gasteiger partial charge in [-0.05, 0) is 62.2 Å². The van der Waals surface area contributed by atoms with Gasteiger partial charge in [0.25, 0.3) is 0 Å². The minimum atomic E-state index is -0.505. The third-order valence-electron chi connectivity index (χ3n) is 4.80. The molecule has 1 heterocycles. The van der Waals surface area contributed by atoms with Crippen LogP contribution < -0.4 is 9.64 Å². The maximum atomic E-state index is 12.4. The lowest BCUT2D eigenvalue weighted by atomic mass is 10.1. The van der Waals surface area contributed by atoms with E-state index in [1.807, 2.05) is 32.0 Å². The minimum Gasteiger partial charge on any atom is -0.426 e. The fourth-order valence-corrected chi connectivity index (χ4v) is 3.08. The first-order valence-corrected chi connectivity index (χ1v) is 8.56. The van der Waals surface area contributed by atoms with E-state index in [1.54, 1.807) is 29.2 Å². The van der Waals surface area contributed by atoms with Crippen LogP contribution in [0.2, 0.25) is 0 Å². The molecule has 0 aliphatic carbocycles. The lowest BCUT2D eigenvalue weighted by Gasteiger charge is -2.20. The van der Waals surface area contributed by atoms with Crippen LogP contribution in [0.1, 0.15) is 34.8 Å². The Labute approximate surface area is 152 Å². The molecule has 1 atom stereocenters. The molecule has 0 bridgehead atoms. The number of ether oxygens (including phenoxy) is 1. The number of carbonyl (C=O) groups excluding carboxylic acids is 3. The van der Waals surface area contributed by atoms with Crippen molar-refractivity contribution in [2.24, 2.45) is 5.92 Å². The average Bonchev–Trinajstić information content (AvgIpc) is 2.99. The zero-order valence-corrected chi connectivity index (χ0v) is 15.1. The highest BCUT2D eigenvalue weighted by Crippen LogP contribution is 2.30. The van der Waals surface area contributed by atoms with Gasteiger partial charge < -0.3 is 9.64 Å². The Kier molecular flexibility index (Phi) is 4.89. The highest BCUT2D eigenvalue weighted by atomic mass is 16.5. The largest absolute Gasteiger partial charge is 0.426 e. The van der Waals surface area contributed by atoms with E-state index in [0.29, 0.717) is 17.9 Å². The maximum absolute atomic E-state index is 12.4. The van der Waals surface area contributed by atoms with Crippen molar-refractivity contribution in [2.45, 2.75) is 27.2 Å². The molecular weight excluding hydrogens is 330 g/mol. The lowest BCUT2D eigenvalue weighted by Crippen LogP contribution is -2.28. The van der Waals surface area contributed by atoms with Crippen LogP contribution in [0.4, 0.5) is 5.69 Å². The van der Waals surface area contributed by atoms with Gasteiger partial charge in [0.15, 0.2) is 5.78 Å². The van der Waals surface area contributed by atoms with Crippen molar-refractivity contribution in [1.82, 2.24) is 0 Å². The zero-order chi connectivity index (χ0) is 18.8. The quantitative estimate of drug-likeness (QED) is 0.481. The van der Waals surface area contributed by atoms with E-state index < -0.39 is 11.9 Å². The second kappa shape index (κ2) is 7.12. The number of Topliss-reactive ketones (excluding diaryl/α,β-unsaturated/α-hetero) is 1. The van der Waals surface area contributed by atoms with E-state index in [0.717, 1.165) is 16.8 Å². The first-order valence-electron chi connectivity index (χ1n) is 8.56. The van der Waals surface area contributed by atoms with Crippen LogP contribution in [-0.4, -0.2) is 24.2 Å². The average molecular weight is 351 g/mol. The Morgan fingerprint density at radius 2 is 1.77 bits per heavy atom. The van der Waals surface area contributed by atoms with Crippen LogP contribution >= 0.6 is 0 Å². The van der Waals surface area contributed by atoms with Crippen LogP contribution in [0, 0.1) is 19.8 Å². The molecule has 0 aromatic heterocycles. The monoisotopic (exact) mass is 351 g/mol. The van der Waals surface area contributed by atoms with Crippen molar-refractivity contribution in [2.75, 3.05) is 11.4 Å². The van der Waals surface area contributed by atoms with E-state index in [9.17, 15) is 14.4 Å². The van der Waals surface area contributed by atoms with Gasteiger partial charge in [0.1, 0.15) is 5.75 Å². The third-order valence-corrected chi connectivity index (χ3v) is 4.80. The summed E-state index contributed by atoms with van der Waals surface area (Å²) < 4.78 is 5.39. The topological polar surface area (TPSA) is 63.7 Å². The fourth-order valence-electron chi connectivity index (χ4n) is 3.08. The van der Waals surface area contributed by atoms with Crippen LogP contribution in [0.3, 0.4) is 0 Å². The molecule has 1 aliphatic rings. The summed E-state index contributed by atoms with van der Waals surface area (Å²) in [5.74, 6) is -0.685. The number of hydrogen-bond donors (Lipinski definition) is 0. The minimum absolute atomic E-state index is 0.0477. The number of ketones is 1. The van der Waals surface area contributed by atoms with Gasteiger partial charge in [0, 0.05) is 24.2 Å². The van der Waals surface area contributed by atoms with Crippen molar-refractivity contribution in [1.29, 1.82) is 0 Å². The van der Waals surface area contributed by atoms with Crippen LogP contribution in [0.5, 0.6) is 5.75 Å². The summed E-state index contributed by atoms with van der Waals surface area (Å²) in [6, 6.07) is 12.2. The van der Waals surface area contributed by atoms with Crippen molar-refractivity contribution in [3.05, 3.63) is 59.2 Å². The van der Waals surface area contributed by atoms with E-state index in [4.69, 9.17) is 4.74 Å². The third kappa shape index (κ3) is 3.52. The summed E-state index contributed by atoms with van der Waals surface area (Å²) in [6.45, 7) is 5.76. The molecule has 0 radical (unpaired) electrons. The Balaban J connectivity index is 1.71. The Morgan fingerprint density at radius 1 is 1.08 bits per heavy atom. The molecule has 1 amide bonds. The van der Waals surface area contributed by atoms with Crippen LogP contribution in [0.15, 0.2) is 42.5 Å². The van der Waals surface area contributed by atoms with Gasteiger partial charge >= 0.3 is 5.97 Å². The lowest BCUT2D eigenvalue weighted by molar-refractivity contribution is -0.139. The number of nitrogens with zero attached hydrogens (tertiary/aromatic N) is 1. The number of rotatable bonds is 4. The molecule has 1 fully saturated rings. The van der Waals surface area contributed by atoms with Gasteiger partial charge in [-0.1, -0.05) is 12.1 Å². The van der Waals surface area contributed by atoms with E-state index in [2.05, 4.69) is 0 Å². The first-order chi connectivity index (χ1) is 12.4.